The van der Waals surface area contributed by atoms with Gasteiger partial charge in [-0.15, -0.1) is 11.8 Å². The van der Waals surface area contributed by atoms with E-state index in [0.717, 1.165) is 0 Å². The van der Waals surface area contributed by atoms with Crippen molar-refractivity contribution in [2.75, 3.05) is 16.8 Å². The molecule has 17 heavy (non-hydrogen) atoms. The monoisotopic (exact) mass is 251 g/mol. The number of hydrogen-bond donors (Lipinski definition) is 2. The second kappa shape index (κ2) is 6.50. The molecule has 0 aliphatic heterocycles. The highest BCUT2D eigenvalue weighted by Crippen LogP contribution is 2.06. The molecule has 0 aliphatic rings. The van der Waals surface area contributed by atoms with Gasteiger partial charge in [-0.05, 0) is 12.1 Å². The van der Waals surface area contributed by atoms with Gasteiger partial charge in [-0.3, -0.25) is 4.79 Å². The van der Waals surface area contributed by atoms with Crippen LogP contribution in [0.2, 0.25) is 0 Å². The summed E-state index contributed by atoms with van der Waals surface area (Å²) in [6.45, 7) is 0. The predicted octanol–water partition coefficient (Wildman–Crippen LogP) is 0.975. The number of aromatic carboxylic acids is 1. The first-order chi connectivity index (χ1) is 8.13. The second-order valence-corrected chi connectivity index (χ2v) is 3.90. The van der Waals surface area contributed by atoms with Gasteiger partial charge in [0.25, 0.3) is 0 Å². The molecule has 1 heterocycles. The fourth-order valence-corrected chi connectivity index (χ4v) is 1.44. The molecule has 1 amide bonds. The van der Waals surface area contributed by atoms with Gasteiger partial charge in [-0.1, -0.05) is 6.07 Å². The van der Waals surface area contributed by atoms with Crippen molar-refractivity contribution >= 4 is 29.5 Å². The summed E-state index contributed by atoms with van der Waals surface area (Å²) in [4.78, 5) is 25.7. The van der Waals surface area contributed by atoms with Gasteiger partial charge >= 0.3 is 5.97 Å². The van der Waals surface area contributed by atoms with Gasteiger partial charge in [0.1, 0.15) is 5.82 Å². The zero-order valence-corrected chi connectivity index (χ0v) is 9.53. The Morgan fingerprint density at radius 2 is 2.29 bits per heavy atom. The minimum Gasteiger partial charge on any atom is -0.477 e. The summed E-state index contributed by atoms with van der Waals surface area (Å²) >= 11 is 1.17. The van der Waals surface area contributed by atoms with Crippen LogP contribution in [-0.4, -0.2) is 33.5 Å². The van der Waals surface area contributed by atoms with E-state index in [-0.39, 0.29) is 28.9 Å². The molecule has 1 aromatic rings. The normalized spacial score (nSPS) is 9.35. The maximum atomic E-state index is 11.3. The number of hydrogen-bond acceptors (Lipinski definition) is 5. The van der Waals surface area contributed by atoms with Crippen molar-refractivity contribution in [1.82, 2.24) is 4.98 Å². The Morgan fingerprint density at radius 3 is 2.94 bits per heavy atom. The maximum absolute atomic E-state index is 11.3. The van der Waals surface area contributed by atoms with E-state index in [1.807, 2.05) is 6.07 Å². The Hall–Kier alpha value is -2.07. The fraction of sp³-hybridized carbons (Fsp3) is 0.200. The Labute approximate surface area is 102 Å². The van der Waals surface area contributed by atoms with Gasteiger partial charge in [0.05, 0.1) is 17.6 Å². The lowest BCUT2D eigenvalue weighted by atomic mass is 10.3. The van der Waals surface area contributed by atoms with Crippen LogP contribution in [0.5, 0.6) is 0 Å². The maximum Gasteiger partial charge on any atom is 0.354 e. The summed E-state index contributed by atoms with van der Waals surface area (Å²) in [6.07, 6.45) is 0. The van der Waals surface area contributed by atoms with Crippen molar-refractivity contribution in [2.45, 2.75) is 0 Å². The van der Waals surface area contributed by atoms with Crippen LogP contribution in [0.1, 0.15) is 10.5 Å². The zero-order valence-electron chi connectivity index (χ0n) is 8.71. The average molecular weight is 251 g/mol. The molecule has 0 atom stereocenters. The lowest BCUT2D eigenvalue weighted by Gasteiger charge is -2.03. The highest BCUT2D eigenvalue weighted by Gasteiger charge is 2.07. The predicted molar refractivity (Wildman–Crippen MR) is 62.8 cm³/mol. The molecule has 0 radical (unpaired) electrons. The van der Waals surface area contributed by atoms with Crippen molar-refractivity contribution < 1.29 is 14.7 Å². The molecule has 1 rings (SSSR count). The van der Waals surface area contributed by atoms with E-state index < -0.39 is 5.97 Å². The Balaban J connectivity index is 2.57. The number of carboxylic acid groups (broad SMARTS) is 1. The largest absolute Gasteiger partial charge is 0.477 e. The highest BCUT2D eigenvalue weighted by atomic mass is 32.2. The third-order valence-corrected chi connectivity index (χ3v) is 2.44. The summed E-state index contributed by atoms with van der Waals surface area (Å²) in [7, 11) is 0. The molecule has 7 heteroatoms. The van der Waals surface area contributed by atoms with E-state index in [0.29, 0.717) is 0 Å². The number of thioether (sulfide) groups is 1. The van der Waals surface area contributed by atoms with Crippen LogP contribution in [0.15, 0.2) is 18.2 Å². The smallest absolute Gasteiger partial charge is 0.354 e. The first-order valence-corrected chi connectivity index (χ1v) is 5.74. The number of amides is 1. The van der Waals surface area contributed by atoms with E-state index in [1.54, 1.807) is 0 Å². The van der Waals surface area contributed by atoms with Gasteiger partial charge in [0.15, 0.2) is 5.69 Å². The molecule has 6 nitrogen and oxygen atoms in total. The molecule has 0 saturated carbocycles. The number of nitrogens with zero attached hydrogens (tertiary/aromatic N) is 2. The standard InChI is InChI=1S/C10H9N3O3S/c11-4-5-17-6-9(14)13-8-3-1-2-7(12-8)10(15)16/h1-3H,5-6H2,(H,15,16)(H,12,13,14). The van der Waals surface area contributed by atoms with Crippen LogP contribution in [0.25, 0.3) is 0 Å². The molecule has 0 saturated heterocycles. The van der Waals surface area contributed by atoms with Crippen molar-refractivity contribution in [1.29, 1.82) is 5.26 Å². The molecule has 0 unspecified atom stereocenters. The molecule has 0 aliphatic carbocycles. The van der Waals surface area contributed by atoms with Gasteiger partial charge in [-0.2, -0.15) is 5.26 Å². The fourth-order valence-electron chi connectivity index (χ4n) is 0.992. The third kappa shape index (κ3) is 4.53. The number of rotatable bonds is 5. The number of nitriles is 1. The molecule has 2 N–H and O–H groups in total. The van der Waals surface area contributed by atoms with E-state index in [1.165, 1.54) is 30.0 Å². The van der Waals surface area contributed by atoms with Crippen LogP contribution in [0.4, 0.5) is 5.82 Å². The van der Waals surface area contributed by atoms with Crippen molar-refractivity contribution in [3.05, 3.63) is 23.9 Å². The van der Waals surface area contributed by atoms with Crippen LogP contribution in [-0.2, 0) is 4.79 Å². The number of anilines is 1. The van der Waals surface area contributed by atoms with Crippen LogP contribution >= 0.6 is 11.8 Å². The summed E-state index contributed by atoms with van der Waals surface area (Å²) in [5.74, 6) is -0.921. The molecule has 0 aromatic carbocycles. The number of nitrogens with one attached hydrogen (secondary N) is 1. The second-order valence-electron chi connectivity index (χ2n) is 2.91. The minimum absolute atomic E-state index is 0.131. The molecule has 88 valence electrons. The number of carbonyl (C=O) groups is 2. The van der Waals surface area contributed by atoms with Crippen molar-refractivity contribution in [3.63, 3.8) is 0 Å². The number of pyridine rings is 1. The summed E-state index contributed by atoms with van der Waals surface area (Å²) < 4.78 is 0. The zero-order chi connectivity index (χ0) is 12.7. The van der Waals surface area contributed by atoms with Gasteiger partial charge in [-0.25, -0.2) is 9.78 Å². The molecular formula is C10H9N3O3S. The summed E-state index contributed by atoms with van der Waals surface area (Å²) in [6, 6.07) is 6.23. The van der Waals surface area contributed by atoms with Crippen LogP contribution < -0.4 is 5.32 Å². The molecular weight excluding hydrogens is 242 g/mol. The van der Waals surface area contributed by atoms with E-state index in [4.69, 9.17) is 10.4 Å². The van der Waals surface area contributed by atoms with Crippen molar-refractivity contribution in [3.8, 4) is 6.07 Å². The lowest BCUT2D eigenvalue weighted by molar-refractivity contribution is -0.113. The van der Waals surface area contributed by atoms with Crippen LogP contribution in [0.3, 0.4) is 0 Å². The molecule has 0 bridgehead atoms. The number of carboxylic acids is 1. The highest BCUT2D eigenvalue weighted by molar-refractivity contribution is 8.00. The van der Waals surface area contributed by atoms with Gasteiger partial charge < -0.3 is 10.4 Å². The first-order valence-electron chi connectivity index (χ1n) is 4.58. The first kappa shape index (κ1) is 13.0. The van der Waals surface area contributed by atoms with Gasteiger partial charge in [0.2, 0.25) is 5.91 Å². The Bertz CT molecular complexity index is 470. The Morgan fingerprint density at radius 1 is 1.53 bits per heavy atom. The SMILES string of the molecule is N#CCSCC(=O)Nc1cccc(C(=O)O)n1. The minimum atomic E-state index is -1.15. The number of carbonyl (C=O) groups excluding carboxylic acids is 1. The molecule has 0 spiro atoms. The molecule has 0 fully saturated rings. The summed E-state index contributed by atoms with van der Waals surface area (Å²) in [5, 5.41) is 19.4. The van der Waals surface area contributed by atoms with Crippen molar-refractivity contribution in [2.24, 2.45) is 0 Å². The third-order valence-electron chi connectivity index (χ3n) is 1.64. The van der Waals surface area contributed by atoms with E-state index >= 15 is 0 Å². The summed E-state index contributed by atoms with van der Waals surface area (Å²) in [5.41, 5.74) is -0.132. The quantitative estimate of drug-likeness (QED) is 0.756. The molecule has 1 aromatic heterocycles. The topological polar surface area (TPSA) is 103 Å². The lowest BCUT2D eigenvalue weighted by Crippen LogP contribution is -2.16. The van der Waals surface area contributed by atoms with E-state index in [9.17, 15) is 9.59 Å². The van der Waals surface area contributed by atoms with E-state index in [2.05, 4.69) is 10.3 Å². The Kier molecular flexibility index (Phi) is 4.97. The van der Waals surface area contributed by atoms with Gasteiger partial charge in [0, 0.05) is 0 Å². The van der Waals surface area contributed by atoms with Crippen LogP contribution in [0, 0.1) is 11.3 Å². The average Bonchev–Trinajstić information content (AvgIpc) is 2.29. The number of aromatic nitrogens is 1.